The van der Waals surface area contributed by atoms with E-state index in [1.165, 1.54) is 4.90 Å². The Labute approximate surface area is 113 Å². The number of rotatable bonds is 9. The second-order valence-corrected chi connectivity index (χ2v) is 4.30. The van der Waals surface area contributed by atoms with E-state index >= 15 is 0 Å². The quantitative estimate of drug-likeness (QED) is 0.561. The van der Waals surface area contributed by atoms with E-state index in [9.17, 15) is 9.59 Å². The first-order valence-electron chi connectivity index (χ1n) is 6.37. The molecule has 0 saturated heterocycles. The molecule has 7 nitrogen and oxygen atoms in total. The summed E-state index contributed by atoms with van der Waals surface area (Å²) in [5.74, 6) is -1.15. The second-order valence-electron chi connectivity index (χ2n) is 4.30. The van der Waals surface area contributed by atoms with E-state index in [1.807, 2.05) is 13.8 Å². The molecule has 112 valence electrons. The van der Waals surface area contributed by atoms with Gasteiger partial charge in [-0.3, -0.25) is 0 Å². The van der Waals surface area contributed by atoms with Crippen LogP contribution in [-0.2, 0) is 9.53 Å². The highest BCUT2D eigenvalue weighted by Gasteiger charge is 2.24. The number of carbonyl (C=O) groups is 2. The minimum absolute atomic E-state index is 0.0142. The van der Waals surface area contributed by atoms with E-state index in [-0.39, 0.29) is 19.1 Å². The van der Waals surface area contributed by atoms with Crippen LogP contribution in [0.1, 0.15) is 26.7 Å². The minimum atomic E-state index is -1.15. The Morgan fingerprint density at radius 1 is 1.42 bits per heavy atom. The largest absolute Gasteiger partial charge is 0.480 e. The molecule has 0 aliphatic rings. The van der Waals surface area contributed by atoms with E-state index in [0.717, 1.165) is 6.42 Å². The van der Waals surface area contributed by atoms with Crippen molar-refractivity contribution in [2.24, 2.45) is 0 Å². The normalized spacial score (nSPS) is 13.7. The van der Waals surface area contributed by atoms with E-state index in [0.29, 0.717) is 13.2 Å². The molecule has 0 radical (unpaired) electrons. The maximum absolute atomic E-state index is 12.1. The maximum atomic E-state index is 12.1. The zero-order valence-corrected chi connectivity index (χ0v) is 11.8. The third-order valence-corrected chi connectivity index (χ3v) is 2.93. The average molecular weight is 276 g/mol. The fourth-order valence-electron chi connectivity index (χ4n) is 1.55. The van der Waals surface area contributed by atoms with Gasteiger partial charge in [-0.25, -0.2) is 9.59 Å². The number of hydrogen-bond donors (Lipinski definition) is 3. The van der Waals surface area contributed by atoms with Gasteiger partial charge >= 0.3 is 12.0 Å². The molecule has 0 aromatic carbocycles. The molecule has 0 aromatic rings. The number of methoxy groups -OCH3 is 1. The van der Waals surface area contributed by atoms with Gasteiger partial charge < -0.3 is 25.2 Å². The highest BCUT2D eigenvalue weighted by Crippen LogP contribution is 2.05. The molecule has 1 unspecified atom stereocenters. The molecule has 0 heterocycles. The summed E-state index contributed by atoms with van der Waals surface area (Å²) in [6.45, 7) is 4.31. The molecule has 0 rings (SSSR count). The first kappa shape index (κ1) is 17.7. The lowest BCUT2D eigenvalue weighted by atomic mass is 10.2. The summed E-state index contributed by atoms with van der Waals surface area (Å²) in [4.78, 5) is 24.5. The van der Waals surface area contributed by atoms with Gasteiger partial charge in [0, 0.05) is 32.7 Å². The number of urea groups is 1. The summed E-state index contributed by atoms with van der Waals surface area (Å²) in [6, 6.07) is -1.54. The minimum Gasteiger partial charge on any atom is -0.480 e. The molecule has 3 N–H and O–H groups in total. The topological polar surface area (TPSA) is 99.1 Å². The number of carboxylic acid groups (broad SMARTS) is 1. The number of carbonyl (C=O) groups excluding carboxylic acids is 1. The summed E-state index contributed by atoms with van der Waals surface area (Å²) >= 11 is 0. The van der Waals surface area contributed by atoms with Crippen LogP contribution in [0.25, 0.3) is 0 Å². The van der Waals surface area contributed by atoms with Crippen molar-refractivity contribution in [2.75, 3.05) is 26.9 Å². The van der Waals surface area contributed by atoms with Crippen molar-refractivity contribution in [3.05, 3.63) is 0 Å². The number of carboxylic acids is 1. The van der Waals surface area contributed by atoms with E-state index < -0.39 is 18.0 Å². The van der Waals surface area contributed by atoms with Crippen molar-refractivity contribution in [3.63, 3.8) is 0 Å². The third-order valence-electron chi connectivity index (χ3n) is 2.93. The number of aliphatic carboxylic acids is 1. The van der Waals surface area contributed by atoms with E-state index in [1.54, 1.807) is 7.11 Å². The predicted octanol–water partition coefficient (Wildman–Crippen LogP) is 0.279. The van der Waals surface area contributed by atoms with Gasteiger partial charge in [0.1, 0.15) is 6.04 Å². The van der Waals surface area contributed by atoms with Crippen molar-refractivity contribution in [2.45, 2.75) is 38.8 Å². The molecule has 0 aliphatic heterocycles. The van der Waals surface area contributed by atoms with Crippen LogP contribution >= 0.6 is 0 Å². The van der Waals surface area contributed by atoms with E-state index in [4.69, 9.17) is 14.9 Å². The Hall–Kier alpha value is -1.34. The number of nitrogens with zero attached hydrogens (tertiary/aromatic N) is 1. The summed E-state index contributed by atoms with van der Waals surface area (Å²) < 4.78 is 4.94. The molecule has 0 saturated carbocycles. The number of aliphatic hydroxyl groups is 1. The molecule has 2 atom stereocenters. The van der Waals surface area contributed by atoms with E-state index in [2.05, 4.69) is 5.32 Å². The summed E-state index contributed by atoms with van der Waals surface area (Å²) in [5.41, 5.74) is 0. The van der Waals surface area contributed by atoms with Crippen molar-refractivity contribution in [1.82, 2.24) is 10.2 Å². The highest BCUT2D eigenvalue weighted by molar-refractivity contribution is 5.82. The maximum Gasteiger partial charge on any atom is 0.326 e. The Morgan fingerprint density at radius 3 is 2.47 bits per heavy atom. The average Bonchev–Trinajstić information content (AvgIpc) is 2.38. The molecular formula is C12H24N2O5. The Kier molecular flexibility index (Phi) is 8.90. The van der Waals surface area contributed by atoms with Crippen LogP contribution in [0, 0.1) is 0 Å². The summed E-state index contributed by atoms with van der Waals surface area (Å²) in [7, 11) is 1.54. The van der Waals surface area contributed by atoms with Crippen molar-refractivity contribution < 1.29 is 24.5 Å². The number of nitrogens with one attached hydrogen (secondary N) is 1. The Balaban J connectivity index is 4.63. The van der Waals surface area contributed by atoms with Gasteiger partial charge in [0.25, 0.3) is 0 Å². The van der Waals surface area contributed by atoms with Crippen molar-refractivity contribution in [3.8, 4) is 0 Å². The van der Waals surface area contributed by atoms with Crippen molar-refractivity contribution in [1.29, 1.82) is 0 Å². The van der Waals surface area contributed by atoms with Gasteiger partial charge in [0.2, 0.25) is 0 Å². The van der Waals surface area contributed by atoms with Crippen molar-refractivity contribution >= 4 is 12.0 Å². The second kappa shape index (κ2) is 9.57. The molecule has 0 bridgehead atoms. The molecule has 2 amide bonds. The first-order chi connectivity index (χ1) is 8.97. The molecule has 0 fully saturated rings. The molecule has 0 spiro atoms. The summed E-state index contributed by atoms with van der Waals surface area (Å²) in [6.07, 6.45) is 0.745. The monoisotopic (exact) mass is 276 g/mol. The van der Waals surface area contributed by atoms with Gasteiger partial charge in [-0.1, -0.05) is 6.92 Å². The zero-order chi connectivity index (χ0) is 14.8. The summed E-state index contributed by atoms with van der Waals surface area (Å²) in [5, 5.41) is 20.1. The molecule has 0 aromatic heterocycles. The molecule has 0 aliphatic carbocycles. The number of amides is 2. The molecule has 7 heteroatoms. The van der Waals surface area contributed by atoms with Gasteiger partial charge in [-0.15, -0.1) is 0 Å². The van der Waals surface area contributed by atoms with Crippen LogP contribution in [-0.4, -0.2) is 66.1 Å². The SMILES string of the molecule is CCC(C)N(CCOC)C(=O)N[C@H](CCO)C(=O)O. The lowest BCUT2D eigenvalue weighted by Crippen LogP contribution is -2.51. The smallest absolute Gasteiger partial charge is 0.326 e. The van der Waals surface area contributed by atoms with Crippen LogP contribution in [0.3, 0.4) is 0 Å². The number of ether oxygens (including phenoxy) is 1. The predicted molar refractivity (Wildman–Crippen MR) is 70.0 cm³/mol. The Morgan fingerprint density at radius 2 is 2.05 bits per heavy atom. The highest BCUT2D eigenvalue weighted by atomic mass is 16.5. The van der Waals surface area contributed by atoms with Gasteiger partial charge in [-0.2, -0.15) is 0 Å². The fraction of sp³-hybridized carbons (Fsp3) is 0.833. The molecule has 19 heavy (non-hydrogen) atoms. The lowest BCUT2D eigenvalue weighted by Gasteiger charge is -2.29. The first-order valence-corrected chi connectivity index (χ1v) is 6.37. The van der Waals surface area contributed by atoms with Crippen LogP contribution in [0.2, 0.25) is 0 Å². The van der Waals surface area contributed by atoms with Gasteiger partial charge in [0.05, 0.1) is 6.61 Å². The third kappa shape index (κ3) is 6.40. The molecular weight excluding hydrogens is 252 g/mol. The van der Waals surface area contributed by atoms with Crippen LogP contribution in [0.4, 0.5) is 4.79 Å². The van der Waals surface area contributed by atoms with Crippen LogP contribution < -0.4 is 5.32 Å². The lowest BCUT2D eigenvalue weighted by molar-refractivity contribution is -0.139. The number of hydrogen-bond acceptors (Lipinski definition) is 4. The fourth-order valence-corrected chi connectivity index (χ4v) is 1.55. The standard InChI is InChI=1S/C12H24N2O5/c1-4-9(2)14(6-8-19-3)12(18)13-10(5-7-15)11(16)17/h9-10,15H,4-8H2,1-3H3,(H,13,18)(H,16,17)/t9?,10-/m1/s1. The van der Waals surface area contributed by atoms with Gasteiger partial charge in [0.15, 0.2) is 0 Å². The van der Waals surface area contributed by atoms with Gasteiger partial charge in [-0.05, 0) is 13.3 Å². The Bertz CT molecular complexity index is 285. The van der Waals surface area contributed by atoms with Crippen LogP contribution in [0.5, 0.6) is 0 Å². The number of aliphatic hydroxyl groups excluding tert-OH is 1. The van der Waals surface area contributed by atoms with Crippen LogP contribution in [0.15, 0.2) is 0 Å². The zero-order valence-electron chi connectivity index (χ0n) is 11.8.